The number of benzene rings is 3. The largest absolute Gasteiger partial charge is 0.383 e. The Labute approximate surface area is 362 Å². The van der Waals surface area contributed by atoms with E-state index in [1.165, 1.54) is 21.3 Å². The number of morpholine rings is 1. The second-order valence-corrected chi connectivity index (χ2v) is 16.6. The summed E-state index contributed by atoms with van der Waals surface area (Å²) in [6.07, 6.45) is 10.3. The molecule has 9 rings (SSSR count). The Morgan fingerprint density at radius 2 is 1.70 bits per heavy atom. The third-order valence-electron chi connectivity index (χ3n) is 12.6. The Morgan fingerprint density at radius 3 is 2.48 bits per heavy atom. The van der Waals surface area contributed by atoms with E-state index in [0.717, 1.165) is 43.4 Å². The summed E-state index contributed by atoms with van der Waals surface area (Å²) in [4.78, 5) is 64.2. The standard InChI is InChI=1S/C46H50F2N10O5/c1-54-44-37(9-6-10-39(44)58(46(54)62)40-12-13-41(59)53-45(40)61)49-16-4-2-3-11-42(60)56-17-14-31(15-18-56)57-27-30(25-51-57)38-26-50-36-8-5-7-32(43(36)52-38)29-23-34(47)33(35(48)24-29)28-55-19-21-63-22-20-55/h5-10,23-27,31,40,49H,2-4,11-22,28H2,1H3,(H,53,59,61). The Balaban J connectivity index is 0.762. The number of nitrogens with one attached hydrogen (secondary N) is 2. The highest BCUT2D eigenvalue weighted by Crippen LogP contribution is 2.33. The van der Waals surface area contributed by atoms with Crippen LogP contribution in [-0.4, -0.2) is 102 Å². The normalized spacial score (nSPS) is 17.8. The molecule has 0 aliphatic carbocycles. The topological polar surface area (TPSA) is 162 Å². The van der Waals surface area contributed by atoms with E-state index in [-0.39, 0.29) is 48.5 Å². The Bertz CT molecular complexity index is 2730. The first-order valence-corrected chi connectivity index (χ1v) is 21.8. The average molecular weight is 861 g/mol. The summed E-state index contributed by atoms with van der Waals surface area (Å²) in [5.41, 5.74) is 5.35. The number of carbonyl (C=O) groups is 3. The summed E-state index contributed by atoms with van der Waals surface area (Å²) in [5.74, 6) is -1.84. The zero-order chi connectivity index (χ0) is 43.6. The lowest BCUT2D eigenvalue weighted by Crippen LogP contribution is -2.44. The number of hydrogen-bond donors (Lipinski definition) is 2. The van der Waals surface area contributed by atoms with Crippen molar-refractivity contribution in [2.45, 2.75) is 70.0 Å². The molecule has 1 atom stereocenters. The number of anilines is 1. The summed E-state index contributed by atoms with van der Waals surface area (Å²) < 4.78 is 41.1. The van der Waals surface area contributed by atoms with Crippen molar-refractivity contribution in [3.63, 3.8) is 0 Å². The molecule has 6 heterocycles. The molecule has 0 radical (unpaired) electrons. The van der Waals surface area contributed by atoms with Crippen LogP contribution in [0.1, 0.15) is 69.0 Å². The number of nitrogens with zero attached hydrogens (tertiary/aromatic N) is 8. The van der Waals surface area contributed by atoms with Crippen LogP contribution < -0.4 is 16.3 Å². The first-order valence-electron chi connectivity index (χ1n) is 21.8. The highest BCUT2D eigenvalue weighted by Gasteiger charge is 2.32. The fraction of sp³-hybridized carbons (Fsp3) is 0.413. The molecular weight excluding hydrogens is 811 g/mol. The Hall–Kier alpha value is -6.33. The zero-order valence-electron chi connectivity index (χ0n) is 35.2. The second-order valence-electron chi connectivity index (χ2n) is 16.6. The Kier molecular flexibility index (Phi) is 12.1. The molecular formula is C46H50F2N10O5. The molecule has 3 aromatic heterocycles. The number of fused-ring (bicyclic) bond motifs is 2. The van der Waals surface area contributed by atoms with Crippen molar-refractivity contribution in [1.29, 1.82) is 0 Å². The molecule has 0 bridgehead atoms. The number of imide groups is 1. The van der Waals surface area contributed by atoms with Gasteiger partial charge in [0.05, 0.1) is 65.1 Å². The van der Waals surface area contributed by atoms with Gasteiger partial charge in [-0.1, -0.05) is 24.6 Å². The van der Waals surface area contributed by atoms with Crippen LogP contribution in [0, 0.1) is 11.6 Å². The molecule has 328 valence electrons. The van der Waals surface area contributed by atoms with Gasteiger partial charge >= 0.3 is 5.69 Å². The van der Waals surface area contributed by atoms with Crippen molar-refractivity contribution in [3.8, 4) is 22.4 Å². The van der Waals surface area contributed by atoms with E-state index in [1.807, 2.05) is 44.9 Å². The SMILES string of the molecule is Cn1c(=O)n(C2CCC(=O)NC2=O)c2cccc(NCCCCCC(=O)N3CCC(n4cc(-c5cnc6cccc(-c7cc(F)c(CN8CCOCC8)c(F)c7)c6n5)cn4)CC3)c21. The fourth-order valence-electron chi connectivity index (χ4n) is 9.12. The summed E-state index contributed by atoms with van der Waals surface area (Å²) in [5, 5.41) is 10.5. The molecule has 17 heteroatoms. The molecule has 1 unspecified atom stereocenters. The number of halogens is 2. The van der Waals surface area contributed by atoms with Crippen molar-refractivity contribution >= 4 is 45.5 Å². The lowest BCUT2D eigenvalue weighted by Gasteiger charge is -2.32. The van der Waals surface area contributed by atoms with Gasteiger partial charge in [-0.15, -0.1) is 0 Å². The smallest absolute Gasteiger partial charge is 0.329 e. The average Bonchev–Trinajstić information content (AvgIpc) is 3.89. The van der Waals surface area contributed by atoms with Gasteiger partial charge in [-0.05, 0) is 68.0 Å². The van der Waals surface area contributed by atoms with E-state index >= 15 is 8.78 Å². The predicted molar refractivity (Wildman–Crippen MR) is 233 cm³/mol. The van der Waals surface area contributed by atoms with Gasteiger partial charge in [0.25, 0.3) is 0 Å². The number of imidazole rings is 1. The van der Waals surface area contributed by atoms with E-state index in [2.05, 4.69) is 20.7 Å². The molecule has 0 saturated carbocycles. The first-order chi connectivity index (χ1) is 30.6. The minimum absolute atomic E-state index is 0.0434. The van der Waals surface area contributed by atoms with E-state index in [0.29, 0.717) is 91.2 Å². The molecule has 0 spiro atoms. The van der Waals surface area contributed by atoms with E-state index < -0.39 is 23.6 Å². The van der Waals surface area contributed by atoms with Crippen LogP contribution in [0.15, 0.2) is 71.9 Å². The molecule has 3 aromatic carbocycles. The summed E-state index contributed by atoms with van der Waals surface area (Å²) in [7, 11) is 1.68. The van der Waals surface area contributed by atoms with Gasteiger partial charge in [-0.2, -0.15) is 5.10 Å². The highest BCUT2D eigenvalue weighted by atomic mass is 19.1. The van der Waals surface area contributed by atoms with Crippen LogP contribution in [-0.2, 0) is 32.7 Å². The second kappa shape index (κ2) is 18.2. The summed E-state index contributed by atoms with van der Waals surface area (Å²) >= 11 is 0. The highest BCUT2D eigenvalue weighted by molar-refractivity contribution is 6.00. The maximum atomic E-state index is 15.4. The summed E-state index contributed by atoms with van der Waals surface area (Å²) in [6, 6.07) is 13.1. The minimum atomic E-state index is -0.741. The van der Waals surface area contributed by atoms with Gasteiger partial charge in [0.1, 0.15) is 17.7 Å². The van der Waals surface area contributed by atoms with Crippen molar-refractivity contribution in [2.75, 3.05) is 51.3 Å². The number of rotatable bonds is 13. The monoisotopic (exact) mass is 860 g/mol. The van der Waals surface area contributed by atoms with E-state index in [4.69, 9.17) is 9.72 Å². The summed E-state index contributed by atoms with van der Waals surface area (Å²) in [6.45, 7) is 4.45. The Morgan fingerprint density at radius 1 is 0.921 bits per heavy atom. The van der Waals surface area contributed by atoms with Gasteiger partial charge in [0.15, 0.2) is 0 Å². The number of aromatic nitrogens is 6. The predicted octanol–water partition coefficient (Wildman–Crippen LogP) is 5.74. The molecule has 3 fully saturated rings. The minimum Gasteiger partial charge on any atom is -0.383 e. The quantitative estimate of drug-likeness (QED) is 0.108. The van der Waals surface area contributed by atoms with Gasteiger partial charge in [-0.3, -0.25) is 43.4 Å². The van der Waals surface area contributed by atoms with E-state index in [9.17, 15) is 19.2 Å². The van der Waals surface area contributed by atoms with Crippen LogP contribution in [0.2, 0.25) is 0 Å². The lowest BCUT2D eigenvalue weighted by molar-refractivity contribution is -0.136. The number of aryl methyl sites for hydroxylation is 1. The third-order valence-corrected chi connectivity index (χ3v) is 12.6. The van der Waals surface area contributed by atoms with Crippen molar-refractivity contribution in [2.24, 2.45) is 7.05 Å². The molecule has 15 nitrogen and oxygen atoms in total. The maximum Gasteiger partial charge on any atom is 0.329 e. The number of carbonyl (C=O) groups excluding carboxylic acids is 3. The molecule has 63 heavy (non-hydrogen) atoms. The van der Waals surface area contributed by atoms with E-state index in [1.54, 1.807) is 31.6 Å². The number of amides is 3. The maximum absolute atomic E-state index is 15.4. The first kappa shape index (κ1) is 42.0. The van der Waals surface area contributed by atoms with Gasteiger partial charge in [-0.25, -0.2) is 18.6 Å². The van der Waals surface area contributed by atoms with Crippen molar-refractivity contribution in [1.82, 2.24) is 44.0 Å². The molecule has 3 saturated heterocycles. The lowest BCUT2D eigenvalue weighted by atomic mass is 10.0. The fourth-order valence-corrected chi connectivity index (χ4v) is 9.12. The molecule has 3 aliphatic heterocycles. The van der Waals surface area contributed by atoms with Crippen LogP contribution in [0.5, 0.6) is 0 Å². The van der Waals surface area contributed by atoms with Crippen molar-refractivity contribution < 1.29 is 27.9 Å². The van der Waals surface area contributed by atoms with Crippen LogP contribution >= 0.6 is 0 Å². The molecule has 2 N–H and O–H groups in total. The zero-order valence-corrected chi connectivity index (χ0v) is 35.2. The van der Waals surface area contributed by atoms with Crippen LogP contribution in [0.4, 0.5) is 14.5 Å². The molecule has 6 aromatic rings. The number of likely N-dealkylation sites (tertiary alicyclic amines) is 1. The van der Waals surface area contributed by atoms with Gasteiger partial charge in [0, 0.05) is 82.0 Å². The van der Waals surface area contributed by atoms with Gasteiger partial charge in [0.2, 0.25) is 17.7 Å². The number of piperidine rings is 2. The molecule has 3 aliphatic rings. The molecule has 3 amide bonds. The van der Waals surface area contributed by atoms with Gasteiger partial charge < -0.3 is 15.0 Å². The number of para-hydroxylation sites is 2. The number of ether oxygens (including phenoxy) is 1. The number of hydrogen-bond acceptors (Lipinski definition) is 10. The van der Waals surface area contributed by atoms with Crippen LogP contribution in [0.25, 0.3) is 44.5 Å². The number of unbranched alkanes of at least 4 members (excludes halogenated alkanes) is 2. The third kappa shape index (κ3) is 8.71. The van der Waals surface area contributed by atoms with Crippen LogP contribution in [0.3, 0.4) is 0 Å². The van der Waals surface area contributed by atoms with Crippen molar-refractivity contribution in [3.05, 3.63) is 94.8 Å².